The van der Waals surface area contributed by atoms with Crippen LogP contribution in [0.25, 0.3) is 11.1 Å². The molecular weight excluding hydrogens is 328 g/mol. The number of ether oxygens (including phenoxy) is 1. The van der Waals surface area contributed by atoms with Crippen LogP contribution in [0.3, 0.4) is 0 Å². The van der Waals surface area contributed by atoms with Crippen molar-refractivity contribution in [2.45, 2.75) is 64.9 Å². The van der Waals surface area contributed by atoms with E-state index in [2.05, 4.69) is 67.6 Å². The van der Waals surface area contributed by atoms with Crippen molar-refractivity contribution >= 4 is 0 Å². The average Bonchev–Trinajstić information content (AvgIpc) is 2.73. The van der Waals surface area contributed by atoms with Crippen molar-refractivity contribution in [2.24, 2.45) is 5.92 Å². The predicted molar refractivity (Wildman–Crippen MR) is 116 cm³/mol. The van der Waals surface area contributed by atoms with Crippen LogP contribution in [-0.2, 0) is 11.3 Å². The summed E-state index contributed by atoms with van der Waals surface area (Å²) in [7, 11) is 0. The molecule has 1 nitrogen and oxygen atoms in total. The summed E-state index contributed by atoms with van der Waals surface area (Å²) < 4.78 is 5.48. The highest BCUT2D eigenvalue weighted by atomic mass is 16.5. The highest BCUT2D eigenvalue weighted by Gasteiger charge is 2.21. The molecule has 1 aliphatic rings. The van der Waals surface area contributed by atoms with Gasteiger partial charge < -0.3 is 4.74 Å². The Morgan fingerprint density at radius 3 is 2.11 bits per heavy atom. The lowest BCUT2D eigenvalue weighted by atomic mass is 9.77. The molecule has 2 aromatic rings. The first kappa shape index (κ1) is 19.9. The molecule has 1 saturated carbocycles. The smallest absolute Gasteiger partial charge is 0.0716 e. The van der Waals surface area contributed by atoms with Gasteiger partial charge in [0.2, 0.25) is 0 Å². The van der Waals surface area contributed by atoms with Crippen LogP contribution in [0.15, 0.2) is 60.7 Å². The summed E-state index contributed by atoms with van der Waals surface area (Å²) in [6.45, 7) is 5.62. The summed E-state index contributed by atoms with van der Waals surface area (Å²) in [5, 5.41) is 0. The van der Waals surface area contributed by atoms with Crippen LogP contribution in [-0.4, -0.2) is 6.61 Å². The van der Waals surface area contributed by atoms with E-state index in [1.807, 2.05) is 6.92 Å². The maximum absolute atomic E-state index is 5.48. The van der Waals surface area contributed by atoms with Crippen LogP contribution >= 0.6 is 0 Å². The summed E-state index contributed by atoms with van der Waals surface area (Å²) in [5.74, 6) is 1.69. The molecular formula is C26H34O. The molecule has 0 N–H and O–H groups in total. The zero-order chi connectivity index (χ0) is 18.9. The SMILES string of the molecule is CC=CCCC1CCC(c2ccc(-c3ccc(COCC)cc3)cc2)CC1. The number of allylic oxidation sites excluding steroid dienone is 2. The van der Waals surface area contributed by atoms with Crippen LogP contribution in [0.5, 0.6) is 0 Å². The second kappa shape index (κ2) is 10.5. The van der Waals surface area contributed by atoms with E-state index in [0.717, 1.165) is 18.4 Å². The van der Waals surface area contributed by atoms with Gasteiger partial charge in [0.1, 0.15) is 0 Å². The van der Waals surface area contributed by atoms with E-state index in [0.29, 0.717) is 6.61 Å². The third-order valence-electron chi connectivity index (χ3n) is 5.97. The van der Waals surface area contributed by atoms with E-state index in [1.54, 1.807) is 0 Å². The molecule has 1 aliphatic carbocycles. The molecule has 0 aliphatic heterocycles. The van der Waals surface area contributed by atoms with Gasteiger partial charge in [0, 0.05) is 6.61 Å². The summed E-state index contributed by atoms with van der Waals surface area (Å²) in [4.78, 5) is 0. The standard InChI is InChI=1S/C26H34O/c1-3-5-6-7-21-8-12-23(13-9-21)25-16-18-26(19-17-25)24-14-10-22(11-15-24)20-27-4-2/h3,5,10-11,14-19,21,23H,4,6-9,12-13,20H2,1-2H3. The lowest BCUT2D eigenvalue weighted by Gasteiger charge is -2.28. The summed E-state index contributed by atoms with van der Waals surface area (Å²) >= 11 is 0. The first-order chi connectivity index (χ1) is 13.3. The lowest BCUT2D eigenvalue weighted by Crippen LogP contribution is -2.13. The normalized spacial score (nSPS) is 20.2. The van der Waals surface area contributed by atoms with Gasteiger partial charge in [0.15, 0.2) is 0 Å². The quantitative estimate of drug-likeness (QED) is 0.441. The molecule has 0 aromatic heterocycles. The van der Waals surface area contributed by atoms with Crippen molar-refractivity contribution < 1.29 is 4.74 Å². The van der Waals surface area contributed by atoms with Gasteiger partial charge in [0.25, 0.3) is 0 Å². The Morgan fingerprint density at radius 1 is 0.889 bits per heavy atom. The average molecular weight is 363 g/mol. The van der Waals surface area contributed by atoms with Crippen molar-refractivity contribution in [2.75, 3.05) is 6.61 Å². The molecule has 1 heteroatoms. The Morgan fingerprint density at radius 2 is 1.52 bits per heavy atom. The van der Waals surface area contributed by atoms with Gasteiger partial charge in [-0.3, -0.25) is 0 Å². The van der Waals surface area contributed by atoms with Crippen LogP contribution in [0.2, 0.25) is 0 Å². The van der Waals surface area contributed by atoms with Crippen LogP contribution < -0.4 is 0 Å². The van der Waals surface area contributed by atoms with Crippen LogP contribution in [0.4, 0.5) is 0 Å². The van der Waals surface area contributed by atoms with E-state index in [9.17, 15) is 0 Å². The van der Waals surface area contributed by atoms with Crippen molar-refractivity contribution in [1.29, 1.82) is 0 Å². The second-order valence-electron chi connectivity index (χ2n) is 7.82. The Kier molecular flexibility index (Phi) is 7.71. The Balaban J connectivity index is 1.54. The minimum Gasteiger partial charge on any atom is -0.377 e. The van der Waals surface area contributed by atoms with Gasteiger partial charge in [-0.15, -0.1) is 0 Å². The predicted octanol–water partition coefficient (Wildman–Crippen LogP) is 7.52. The lowest BCUT2D eigenvalue weighted by molar-refractivity contribution is 0.134. The van der Waals surface area contributed by atoms with E-state index in [4.69, 9.17) is 4.74 Å². The third-order valence-corrected chi connectivity index (χ3v) is 5.97. The fraction of sp³-hybridized carbons (Fsp3) is 0.462. The molecule has 0 atom stereocenters. The van der Waals surface area contributed by atoms with Crippen molar-refractivity contribution in [3.05, 3.63) is 71.8 Å². The Bertz CT molecular complexity index is 688. The molecule has 0 unspecified atom stereocenters. The van der Waals surface area contributed by atoms with Crippen molar-refractivity contribution in [3.8, 4) is 11.1 Å². The number of hydrogen-bond acceptors (Lipinski definition) is 1. The monoisotopic (exact) mass is 362 g/mol. The zero-order valence-corrected chi connectivity index (χ0v) is 17.0. The first-order valence-electron chi connectivity index (χ1n) is 10.7. The fourth-order valence-electron chi connectivity index (χ4n) is 4.24. The molecule has 0 radical (unpaired) electrons. The van der Waals surface area contributed by atoms with Crippen molar-refractivity contribution in [1.82, 2.24) is 0 Å². The zero-order valence-electron chi connectivity index (χ0n) is 17.0. The Labute approximate surface area is 165 Å². The molecule has 144 valence electrons. The van der Waals surface area contributed by atoms with Gasteiger partial charge in [-0.1, -0.05) is 60.7 Å². The van der Waals surface area contributed by atoms with Gasteiger partial charge in [0.05, 0.1) is 6.61 Å². The molecule has 0 saturated heterocycles. The van der Waals surface area contributed by atoms with Crippen LogP contribution in [0, 0.1) is 5.92 Å². The van der Waals surface area contributed by atoms with E-state index in [1.165, 1.54) is 60.8 Å². The Hall–Kier alpha value is -1.86. The van der Waals surface area contributed by atoms with Crippen molar-refractivity contribution in [3.63, 3.8) is 0 Å². The molecule has 0 heterocycles. The first-order valence-corrected chi connectivity index (χ1v) is 10.7. The minimum atomic E-state index is 0.702. The number of rotatable bonds is 8. The number of benzene rings is 2. The maximum atomic E-state index is 5.48. The van der Waals surface area contributed by atoms with Gasteiger partial charge >= 0.3 is 0 Å². The van der Waals surface area contributed by atoms with Gasteiger partial charge in [-0.05, 0) is 86.5 Å². The van der Waals surface area contributed by atoms with Crippen LogP contribution in [0.1, 0.15) is 69.4 Å². The third kappa shape index (κ3) is 5.81. The van der Waals surface area contributed by atoms with E-state index < -0.39 is 0 Å². The van der Waals surface area contributed by atoms with Gasteiger partial charge in [-0.25, -0.2) is 0 Å². The molecule has 1 fully saturated rings. The molecule has 3 rings (SSSR count). The molecule has 2 aromatic carbocycles. The van der Waals surface area contributed by atoms with Gasteiger partial charge in [-0.2, -0.15) is 0 Å². The highest BCUT2D eigenvalue weighted by molar-refractivity contribution is 5.64. The summed E-state index contributed by atoms with van der Waals surface area (Å²) in [5.41, 5.74) is 5.36. The maximum Gasteiger partial charge on any atom is 0.0716 e. The molecule has 27 heavy (non-hydrogen) atoms. The van der Waals surface area contributed by atoms with E-state index in [-0.39, 0.29) is 0 Å². The number of hydrogen-bond donors (Lipinski definition) is 0. The minimum absolute atomic E-state index is 0.702. The topological polar surface area (TPSA) is 9.23 Å². The van der Waals surface area contributed by atoms with E-state index >= 15 is 0 Å². The largest absolute Gasteiger partial charge is 0.377 e. The summed E-state index contributed by atoms with van der Waals surface area (Å²) in [6.07, 6.45) is 12.6. The summed E-state index contributed by atoms with van der Waals surface area (Å²) in [6, 6.07) is 18.1. The second-order valence-corrected chi connectivity index (χ2v) is 7.82. The molecule has 0 amide bonds. The highest BCUT2D eigenvalue weighted by Crippen LogP contribution is 2.38. The molecule has 0 spiro atoms. The molecule has 0 bridgehead atoms. The fourth-order valence-corrected chi connectivity index (χ4v) is 4.24.